The van der Waals surface area contributed by atoms with Crippen LogP contribution in [-0.4, -0.2) is 13.2 Å². The van der Waals surface area contributed by atoms with Gasteiger partial charge in [-0.2, -0.15) is 0 Å². The minimum Gasteiger partial charge on any atom is -0.497 e. The van der Waals surface area contributed by atoms with E-state index in [0.29, 0.717) is 6.04 Å². The van der Waals surface area contributed by atoms with Crippen molar-refractivity contribution in [3.8, 4) is 5.75 Å². The monoisotopic (exact) mass is 281 g/mol. The third-order valence-electron chi connectivity index (χ3n) is 4.52. The van der Waals surface area contributed by atoms with E-state index in [0.717, 1.165) is 18.6 Å². The van der Waals surface area contributed by atoms with Gasteiger partial charge < -0.3 is 10.1 Å². The topological polar surface area (TPSA) is 21.3 Å². The number of nitrogens with one attached hydrogen (secondary N) is 1. The van der Waals surface area contributed by atoms with E-state index in [1.807, 2.05) is 0 Å². The van der Waals surface area contributed by atoms with Gasteiger partial charge in [0.1, 0.15) is 5.75 Å². The highest BCUT2D eigenvalue weighted by atomic mass is 16.5. The Balaban J connectivity index is 1.74. The van der Waals surface area contributed by atoms with Gasteiger partial charge in [-0.25, -0.2) is 0 Å². The summed E-state index contributed by atoms with van der Waals surface area (Å²) in [6, 6.07) is 13.6. The minimum absolute atomic E-state index is 0.506. The zero-order valence-electron chi connectivity index (χ0n) is 13.1. The molecule has 2 nitrogen and oxygen atoms in total. The molecule has 1 unspecified atom stereocenters. The normalized spacial score (nSPS) is 17.2. The first-order chi connectivity index (χ1) is 10.2. The molecule has 2 aromatic rings. The van der Waals surface area contributed by atoms with Crippen LogP contribution in [0.3, 0.4) is 0 Å². The predicted molar refractivity (Wildman–Crippen MR) is 88.3 cm³/mol. The lowest BCUT2D eigenvalue weighted by Crippen LogP contribution is -2.27. The largest absolute Gasteiger partial charge is 0.497 e. The van der Waals surface area contributed by atoms with Crippen LogP contribution in [0.1, 0.15) is 28.7 Å². The van der Waals surface area contributed by atoms with Crippen LogP contribution in [0.15, 0.2) is 36.4 Å². The number of ether oxygens (including phenoxy) is 1. The first kappa shape index (κ1) is 14.0. The summed E-state index contributed by atoms with van der Waals surface area (Å²) < 4.78 is 5.34. The van der Waals surface area contributed by atoms with Gasteiger partial charge in [-0.15, -0.1) is 0 Å². The molecule has 0 amide bonds. The first-order valence-electron chi connectivity index (χ1n) is 7.65. The van der Waals surface area contributed by atoms with Crippen molar-refractivity contribution >= 4 is 5.69 Å². The van der Waals surface area contributed by atoms with Crippen LogP contribution in [-0.2, 0) is 12.8 Å². The lowest BCUT2D eigenvalue weighted by molar-refractivity contribution is 0.413. The van der Waals surface area contributed by atoms with Crippen molar-refractivity contribution in [2.75, 3.05) is 12.4 Å². The van der Waals surface area contributed by atoms with E-state index in [9.17, 15) is 0 Å². The molecule has 0 fully saturated rings. The fraction of sp³-hybridized carbons (Fsp3) is 0.368. The molecule has 0 aliphatic heterocycles. The van der Waals surface area contributed by atoms with Crippen LogP contribution < -0.4 is 10.1 Å². The summed E-state index contributed by atoms with van der Waals surface area (Å²) in [6.07, 6.45) is 3.40. The van der Waals surface area contributed by atoms with Crippen LogP contribution in [0.4, 0.5) is 5.69 Å². The summed E-state index contributed by atoms with van der Waals surface area (Å²) in [7, 11) is 1.73. The van der Waals surface area contributed by atoms with Gasteiger partial charge in [0.05, 0.1) is 7.11 Å². The summed E-state index contributed by atoms with van der Waals surface area (Å²) in [6.45, 7) is 4.32. The SMILES string of the molecule is COc1ccc2c(c1)CC(Nc1ccc(C)c(C)c1)CC2. The zero-order chi connectivity index (χ0) is 14.8. The average molecular weight is 281 g/mol. The Morgan fingerprint density at radius 2 is 1.86 bits per heavy atom. The number of fused-ring (bicyclic) bond motifs is 1. The molecule has 21 heavy (non-hydrogen) atoms. The quantitative estimate of drug-likeness (QED) is 0.906. The van der Waals surface area contributed by atoms with Gasteiger partial charge in [0.2, 0.25) is 0 Å². The second-order valence-corrected chi connectivity index (χ2v) is 6.02. The molecule has 1 aliphatic rings. The van der Waals surface area contributed by atoms with E-state index in [1.54, 1.807) is 7.11 Å². The second kappa shape index (κ2) is 5.80. The molecule has 2 heteroatoms. The highest BCUT2D eigenvalue weighted by Crippen LogP contribution is 2.27. The van der Waals surface area contributed by atoms with E-state index in [1.165, 1.54) is 34.4 Å². The molecule has 0 saturated carbocycles. The van der Waals surface area contributed by atoms with Gasteiger partial charge in [-0.1, -0.05) is 12.1 Å². The van der Waals surface area contributed by atoms with Crippen molar-refractivity contribution in [2.24, 2.45) is 0 Å². The Bertz CT molecular complexity index is 648. The molecular formula is C19H23NO. The summed E-state index contributed by atoms with van der Waals surface area (Å²) in [5.41, 5.74) is 6.81. The van der Waals surface area contributed by atoms with Crippen LogP contribution in [0.25, 0.3) is 0 Å². The molecule has 110 valence electrons. The molecule has 0 radical (unpaired) electrons. The van der Waals surface area contributed by atoms with E-state index in [2.05, 4.69) is 55.6 Å². The van der Waals surface area contributed by atoms with Crippen LogP contribution in [0.2, 0.25) is 0 Å². The summed E-state index contributed by atoms with van der Waals surface area (Å²) in [5.74, 6) is 0.959. The van der Waals surface area contributed by atoms with E-state index in [-0.39, 0.29) is 0 Å². The molecule has 0 saturated heterocycles. The maximum Gasteiger partial charge on any atom is 0.119 e. The minimum atomic E-state index is 0.506. The maximum absolute atomic E-state index is 5.34. The standard InChI is InChI=1S/C19H23NO/c1-13-4-7-17(10-14(13)2)20-18-8-5-15-6-9-19(21-3)12-16(15)11-18/h4,6-7,9-10,12,18,20H,5,8,11H2,1-3H3. The van der Waals surface area contributed by atoms with Crippen molar-refractivity contribution in [1.29, 1.82) is 0 Å². The van der Waals surface area contributed by atoms with Gasteiger partial charge in [0, 0.05) is 11.7 Å². The lowest BCUT2D eigenvalue weighted by Gasteiger charge is -2.27. The van der Waals surface area contributed by atoms with Gasteiger partial charge >= 0.3 is 0 Å². The molecule has 2 aromatic carbocycles. The molecule has 3 rings (SSSR count). The molecule has 0 heterocycles. The number of hydrogen-bond donors (Lipinski definition) is 1. The average Bonchev–Trinajstić information content (AvgIpc) is 2.50. The van der Waals surface area contributed by atoms with Crippen LogP contribution in [0, 0.1) is 13.8 Å². The number of rotatable bonds is 3. The third-order valence-corrected chi connectivity index (χ3v) is 4.52. The fourth-order valence-electron chi connectivity index (χ4n) is 3.05. The van der Waals surface area contributed by atoms with Crippen molar-refractivity contribution < 1.29 is 4.74 Å². The fourth-order valence-corrected chi connectivity index (χ4v) is 3.05. The third kappa shape index (κ3) is 3.05. The maximum atomic E-state index is 5.34. The Hall–Kier alpha value is -1.96. The van der Waals surface area contributed by atoms with Crippen molar-refractivity contribution in [2.45, 2.75) is 39.2 Å². The molecule has 1 N–H and O–H groups in total. The molecule has 1 aliphatic carbocycles. The molecule has 0 aromatic heterocycles. The van der Waals surface area contributed by atoms with Crippen LogP contribution in [0.5, 0.6) is 5.75 Å². The lowest BCUT2D eigenvalue weighted by atomic mass is 9.88. The molecule has 1 atom stereocenters. The highest BCUT2D eigenvalue weighted by molar-refractivity contribution is 5.50. The molecule has 0 bridgehead atoms. The number of methoxy groups -OCH3 is 1. The molecular weight excluding hydrogens is 258 g/mol. The van der Waals surface area contributed by atoms with Gasteiger partial charge in [0.15, 0.2) is 0 Å². The number of benzene rings is 2. The predicted octanol–water partition coefficient (Wildman–Crippen LogP) is 4.28. The van der Waals surface area contributed by atoms with E-state index >= 15 is 0 Å². The van der Waals surface area contributed by atoms with Gasteiger partial charge in [-0.3, -0.25) is 0 Å². The highest BCUT2D eigenvalue weighted by Gasteiger charge is 2.19. The van der Waals surface area contributed by atoms with E-state index < -0.39 is 0 Å². The Labute approximate surface area is 127 Å². The van der Waals surface area contributed by atoms with Gasteiger partial charge in [0.25, 0.3) is 0 Å². The Kier molecular flexibility index (Phi) is 3.87. The smallest absolute Gasteiger partial charge is 0.119 e. The number of aryl methyl sites for hydroxylation is 3. The first-order valence-corrected chi connectivity index (χ1v) is 7.65. The van der Waals surface area contributed by atoms with Crippen molar-refractivity contribution in [3.63, 3.8) is 0 Å². The summed E-state index contributed by atoms with van der Waals surface area (Å²) in [5, 5.41) is 3.69. The number of hydrogen-bond acceptors (Lipinski definition) is 2. The Morgan fingerprint density at radius 3 is 2.62 bits per heavy atom. The zero-order valence-corrected chi connectivity index (χ0v) is 13.1. The van der Waals surface area contributed by atoms with Gasteiger partial charge in [-0.05, 0) is 79.6 Å². The van der Waals surface area contributed by atoms with Crippen molar-refractivity contribution in [1.82, 2.24) is 0 Å². The molecule has 0 spiro atoms. The van der Waals surface area contributed by atoms with E-state index in [4.69, 9.17) is 4.74 Å². The van der Waals surface area contributed by atoms with Crippen molar-refractivity contribution in [3.05, 3.63) is 58.7 Å². The summed E-state index contributed by atoms with van der Waals surface area (Å²) >= 11 is 0. The Morgan fingerprint density at radius 1 is 1.00 bits per heavy atom. The number of anilines is 1. The van der Waals surface area contributed by atoms with Crippen LogP contribution >= 0.6 is 0 Å². The summed E-state index contributed by atoms with van der Waals surface area (Å²) in [4.78, 5) is 0. The second-order valence-electron chi connectivity index (χ2n) is 6.02.